The zero-order valence-corrected chi connectivity index (χ0v) is 12.8. The Morgan fingerprint density at radius 2 is 2.11 bits per heavy atom. The zero-order chi connectivity index (χ0) is 14.6. The van der Waals surface area contributed by atoms with Gasteiger partial charge in [0, 0.05) is 12.1 Å². The molecule has 1 aromatic heterocycles. The van der Waals surface area contributed by atoms with E-state index in [1.807, 2.05) is 27.7 Å². The molecule has 1 aromatic rings. The number of nitrogens with two attached hydrogens (primary N) is 1. The van der Waals surface area contributed by atoms with Gasteiger partial charge in [0.15, 0.2) is 0 Å². The number of aromatic nitrogens is 2. The van der Waals surface area contributed by atoms with Crippen LogP contribution < -0.4 is 11.1 Å². The second-order valence-electron chi connectivity index (χ2n) is 4.86. The van der Waals surface area contributed by atoms with Crippen LogP contribution in [0.15, 0.2) is 12.3 Å². The first kappa shape index (κ1) is 15.6. The number of amides is 1. The van der Waals surface area contributed by atoms with Crippen LogP contribution in [0.1, 0.15) is 46.6 Å². The first-order valence-corrected chi connectivity index (χ1v) is 6.94. The maximum Gasteiger partial charge on any atom is 0.238 e. The lowest BCUT2D eigenvalue weighted by Gasteiger charge is -2.29. The minimum Gasteiger partial charge on any atom is -0.392 e. The Morgan fingerprint density at radius 3 is 2.53 bits per heavy atom. The lowest BCUT2D eigenvalue weighted by Crippen LogP contribution is -2.45. The Kier molecular flexibility index (Phi) is 5.05. The Bertz CT molecular complexity index is 463. The average Bonchev–Trinajstić information content (AvgIpc) is 2.79. The third-order valence-corrected chi connectivity index (χ3v) is 3.91. The molecule has 0 fully saturated rings. The van der Waals surface area contributed by atoms with Crippen LogP contribution in [0.2, 0.25) is 0 Å². The maximum absolute atomic E-state index is 12.5. The summed E-state index contributed by atoms with van der Waals surface area (Å²) in [6, 6.07) is 1.95. The number of carbonyl (C=O) groups excluding carboxylic acids is 1. The minimum atomic E-state index is -0.790. The summed E-state index contributed by atoms with van der Waals surface area (Å²) < 4.78 is 1.76. The van der Waals surface area contributed by atoms with Gasteiger partial charge in [-0.3, -0.25) is 4.79 Å². The number of rotatable bonds is 6. The van der Waals surface area contributed by atoms with E-state index in [1.165, 1.54) is 0 Å². The summed E-state index contributed by atoms with van der Waals surface area (Å²) in [4.78, 5) is 12.7. The minimum absolute atomic E-state index is 0.160. The first-order chi connectivity index (χ1) is 8.89. The summed E-state index contributed by atoms with van der Waals surface area (Å²) in [7, 11) is 0. The van der Waals surface area contributed by atoms with Gasteiger partial charge < -0.3 is 11.1 Å². The van der Waals surface area contributed by atoms with Crippen molar-refractivity contribution in [3.63, 3.8) is 0 Å². The van der Waals surface area contributed by atoms with Gasteiger partial charge in [-0.2, -0.15) is 5.10 Å². The number of nitrogens with zero attached hydrogens (tertiary/aromatic N) is 2. The molecule has 3 N–H and O–H groups in total. The molecule has 0 saturated heterocycles. The van der Waals surface area contributed by atoms with Crippen molar-refractivity contribution >= 4 is 28.9 Å². The van der Waals surface area contributed by atoms with Crippen LogP contribution in [0.25, 0.3) is 0 Å². The number of hydrogen-bond acceptors (Lipinski definition) is 3. The van der Waals surface area contributed by atoms with Gasteiger partial charge in [-0.15, -0.1) is 0 Å². The highest BCUT2D eigenvalue weighted by Crippen LogP contribution is 2.29. The smallest absolute Gasteiger partial charge is 0.238 e. The van der Waals surface area contributed by atoms with Crippen LogP contribution in [0.5, 0.6) is 0 Å². The molecule has 0 aromatic carbocycles. The van der Waals surface area contributed by atoms with Gasteiger partial charge >= 0.3 is 0 Å². The van der Waals surface area contributed by atoms with Crippen molar-refractivity contribution in [2.75, 3.05) is 5.32 Å². The molecular weight excluding hydrogens is 260 g/mol. The maximum atomic E-state index is 12.5. The van der Waals surface area contributed by atoms with E-state index in [1.54, 1.807) is 16.9 Å². The lowest BCUT2D eigenvalue weighted by molar-refractivity contribution is -0.122. The Morgan fingerprint density at radius 1 is 1.53 bits per heavy atom. The Hall–Kier alpha value is -1.43. The normalized spacial score (nSPS) is 11.6. The second-order valence-corrected chi connectivity index (χ2v) is 5.30. The summed E-state index contributed by atoms with van der Waals surface area (Å²) in [5.74, 6) is 0.509. The largest absolute Gasteiger partial charge is 0.392 e. The van der Waals surface area contributed by atoms with E-state index in [0.717, 1.165) is 0 Å². The summed E-state index contributed by atoms with van der Waals surface area (Å²) in [6.45, 7) is 7.84. The van der Waals surface area contributed by atoms with E-state index in [9.17, 15) is 4.79 Å². The number of carbonyl (C=O) groups is 1. The predicted molar refractivity (Wildman–Crippen MR) is 81.0 cm³/mol. The highest BCUT2D eigenvalue weighted by Gasteiger charge is 2.38. The van der Waals surface area contributed by atoms with E-state index in [0.29, 0.717) is 18.7 Å². The molecule has 0 aliphatic rings. The molecule has 0 atom stereocenters. The fraction of sp³-hybridized carbons (Fsp3) is 0.615. The number of hydrogen-bond donors (Lipinski definition) is 2. The lowest BCUT2D eigenvalue weighted by atomic mass is 9.81. The number of nitrogens with one attached hydrogen (secondary N) is 1. The fourth-order valence-electron chi connectivity index (χ4n) is 2.09. The van der Waals surface area contributed by atoms with Crippen molar-refractivity contribution in [1.29, 1.82) is 0 Å². The summed E-state index contributed by atoms with van der Waals surface area (Å²) in [5, 5.41) is 7.08. The summed E-state index contributed by atoms with van der Waals surface area (Å²) in [6.07, 6.45) is 2.83. The van der Waals surface area contributed by atoms with Crippen molar-refractivity contribution in [2.24, 2.45) is 11.1 Å². The molecule has 0 aliphatic carbocycles. The molecule has 19 heavy (non-hydrogen) atoms. The molecule has 0 radical (unpaired) electrons. The molecule has 6 heteroatoms. The number of thiocarbonyl (C=S) groups is 1. The van der Waals surface area contributed by atoms with Crippen molar-refractivity contribution in [1.82, 2.24) is 9.78 Å². The van der Waals surface area contributed by atoms with Crippen molar-refractivity contribution in [2.45, 2.75) is 46.6 Å². The molecular formula is C13H22N4OS. The average molecular weight is 282 g/mol. The van der Waals surface area contributed by atoms with Crippen molar-refractivity contribution in [3.05, 3.63) is 12.3 Å². The molecule has 1 amide bonds. The van der Waals surface area contributed by atoms with Gasteiger partial charge in [-0.25, -0.2) is 4.68 Å². The zero-order valence-electron chi connectivity index (χ0n) is 11.9. The quantitative estimate of drug-likeness (QED) is 0.786. The molecule has 0 spiro atoms. The highest BCUT2D eigenvalue weighted by molar-refractivity contribution is 7.80. The van der Waals surface area contributed by atoms with Crippen molar-refractivity contribution in [3.8, 4) is 0 Å². The molecule has 1 heterocycles. The topological polar surface area (TPSA) is 72.9 Å². The molecule has 0 unspecified atom stereocenters. The molecule has 106 valence electrons. The van der Waals surface area contributed by atoms with Crippen LogP contribution >= 0.6 is 12.2 Å². The van der Waals surface area contributed by atoms with E-state index in [2.05, 4.69) is 10.4 Å². The molecule has 5 nitrogen and oxygen atoms in total. The van der Waals surface area contributed by atoms with Gasteiger partial charge in [-0.05, 0) is 26.7 Å². The monoisotopic (exact) mass is 282 g/mol. The summed E-state index contributed by atoms with van der Waals surface area (Å²) >= 11 is 5.08. The van der Waals surface area contributed by atoms with E-state index in [4.69, 9.17) is 18.0 Å². The predicted octanol–water partition coefficient (Wildman–Crippen LogP) is 2.50. The van der Waals surface area contributed by atoms with E-state index < -0.39 is 5.41 Å². The summed E-state index contributed by atoms with van der Waals surface area (Å²) in [5.41, 5.74) is 4.98. The Balaban J connectivity index is 3.01. The standard InChI is InChI=1S/C13H22N4OS/c1-5-13(6-2,11(14)19)12(18)16-10-7-8-15-17(10)9(3)4/h7-9H,5-6H2,1-4H3,(H2,14,19)(H,16,18). The van der Waals surface area contributed by atoms with E-state index in [-0.39, 0.29) is 16.9 Å². The van der Waals surface area contributed by atoms with Gasteiger partial charge in [0.05, 0.1) is 16.6 Å². The van der Waals surface area contributed by atoms with Crippen molar-refractivity contribution < 1.29 is 4.79 Å². The molecule has 0 aliphatic heterocycles. The number of anilines is 1. The van der Waals surface area contributed by atoms with Crippen LogP contribution in [-0.4, -0.2) is 20.7 Å². The first-order valence-electron chi connectivity index (χ1n) is 6.53. The third-order valence-electron chi connectivity index (χ3n) is 3.51. The van der Waals surface area contributed by atoms with Crippen LogP contribution in [0, 0.1) is 5.41 Å². The van der Waals surface area contributed by atoms with Gasteiger partial charge in [0.25, 0.3) is 0 Å². The van der Waals surface area contributed by atoms with Gasteiger partial charge in [0.2, 0.25) is 5.91 Å². The SMILES string of the molecule is CCC(CC)(C(=O)Nc1ccnn1C(C)C)C(N)=S. The van der Waals surface area contributed by atoms with Gasteiger partial charge in [-0.1, -0.05) is 26.1 Å². The van der Waals surface area contributed by atoms with Crippen LogP contribution in [-0.2, 0) is 4.79 Å². The van der Waals surface area contributed by atoms with Crippen LogP contribution in [0.3, 0.4) is 0 Å². The fourth-order valence-corrected chi connectivity index (χ4v) is 2.47. The third kappa shape index (κ3) is 2.94. The molecule has 0 bridgehead atoms. The van der Waals surface area contributed by atoms with Crippen LogP contribution in [0.4, 0.5) is 5.82 Å². The highest BCUT2D eigenvalue weighted by atomic mass is 32.1. The van der Waals surface area contributed by atoms with E-state index >= 15 is 0 Å². The molecule has 0 saturated carbocycles. The second kappa shape index (κ2) is 6.14. The Labute approximate surface area is 119 Å². The molecule has 1 rings (SSSR count). The van der Waals surface area contributed by atoms with Gasteiger partial charge in [0.1, 0.15) is 5.82 Å².